The van der Waals surface area contributed by atoms with Crippen LogP contribution in [0.3, 0.4) is 0 Å². The highest BCUT2D eigenvalue weighted by atomic mass is 32.1. The molecule has 0 radical (unpaired) electrons. The molecule has 1 atom stereocenters. The van der Waals surface area contributed by atoms with Crippen LogP contribution < -0.4 is 10.1 Å². The molecule has 0 aliphatic rings. The van der Waals surface area contributed by atoms with E-state index < -0.39 is 0 Å². The van der Waals surface area contributed by atoms with Gasteiger partial charge in [-0.15, -0.1) is 0 Å². The number of aryl methyl sites for hydroxylation is 1. The van der Waals surface area contributed by atoms with E-state index in [0.29, 0.717) is 0 Å². The molecule has 20 heavy (non-hydrogen) atoms. The average Bonchev–Trinajstić information content (AvgIpc) is 3.10. The molecule has 0 saturated heterocycles. The number of ether oxygens (including phenoxy) is 1. The van der Waals surface area contributed by atoms with Crippen molar-refractivity contribution in [2.24, 2.45) is 0 Å². The van der Waals surface area contributed by atoms with Gasteiger partial charge in [0.1, 0.15) is 5.69 Å². The maximum Gasteiger partial charge on any atom is 0.161 e. The second kappa shape index (κ2) is 7.35. The van der Waals surface area contributed by atoms with Crippen molar-refractivity contribution in [3.63, 3.8) is 0 Å². The zero-order chi connectivity index (χ0) is 14.4. The van der Waals surface area contributed by atoms with Crippen LogP contribution in [0.1, 0.15) is 44.1 Å². The zero-order valence-corrected chi connectivity index (χ0v) is 13.0. The summed E-state index contributed by atoms with van der Waals surface area (Å²) in [5.41, 5.74) is 1.94. The quantitative estimate of drug-likeness (QED) is 0.809. The van der Waals surface area contributed by atoms with E-state index in [1.807, 2.05) is 4.68 Å². The zero-order valence-electron chi connectivity index (χ0n) is 12.2. The van der Waals surface area contributed by atoms with Gasteiger partial charge in [0.25, 0.3) is 0 Å². The third-order valence-corrected chi connectivity index (χ3v) is 3.54. The molecular weight excluding hydrogens is 274 g/mol. The van der Waals surface area contributed by atoms with Crippen molar-refractivity contribution in [2.75, 3.05) is 13.7 Å². The molecule has 0 fully saturated rings. The minimum Gasteiger partial charge on any atom is -0.493 e. The maximum absolute atomic E-state index is 5.46. The molecule has 0 aromatic carbocycles. The van der Waals surface area contributed by atoms with E-state index in [9.17, 15) is 0 Å². The fraction of sp³-hybridized carbons (Fsp3) is 0.615. The Morgan fingerprint density at radius 3 is 2.80 bits per heavy atom. The van der Waals surface area contributed by atoms with Crippen LogP contribution in [0.2, 0.25) is 0 Å². The Kier molecular flexibility index (Phi) is 5.49. The monoisotopic (exact) mass is 295 g/mol. The van der Waals surface area contributed by atoms with Crippen LogP contribution in [-0.2, 0) is 6.54 Å². The van der Waals surface area contributed by atoms with Crippen molar-refractivity contribution >= 4 is 11.7 Å². The minimum absolute atomic E-state index is 0.0299. The second-order valence-corrected chi connectivity index (χ2v) is 5.10. The van der Waals surface area contributed by atoms with Crippen LogP contribution in [0.25, 0.3) is 0 Å². The molecule has 0 aliphatic carbocycles. The first-order valence-electron chi connectivity index (χ1n) is 6.92. The molecule has 2 rings (SSSR count). The highest BCUT2D eigenvalue weighted by Crippen LogP contribution is 2.29. The van der Waals surface area contributed by atoms with Gasteiger partial charge in [0, 0.05) is 6.54 Å². The SMILES string of the molecule is CCCNC(c1cnsn1)c1c(OC)cnn1CCC. The maximum atomic E-state index is 5.46. The van der Waals surface area contributed by atoms with Crippen LogP contribution >= 0.6 is 11.7 Å². The molecule has 1 unspecified atom stereocenters. The van der Waals surface area contributed by atoms with Gasteiger partial charge in [0.15, 0.2) is 5.75 Å². The smallest absolute Gasteiger partial charge is 0.161 e. The van der Waals surface area contributed by atoms with Crippen LogP contribution in [0.15, 0.2) is 12.4 Å². The summed E-state index contributed by atoms with van der Waals surface area (Å²) < 4.78 is 15.9. The van der Waals surface area contributed by atoms with E-state index in [0.717, 1.165) is 43.1 Å². The number of aromatic nitrogens is 4. The highest BCUT2D eigenvalue weighted by molar-refractivity contribution is 6.99. The summed E-state index contributed by atoms with van der Waals surface area (Å²) >= 11 is 1.22. The van der Waals surface area contributed by atoms with Crippen molar-refractivity contribution in [3.8, 4) is 5.75 Å². The van der Waals surface area contributed by atoms with E-state index in [4.69, 9.17) is 4.74 Å². The van der Waals surface area contributed by atoms with Gasteiger partial charge in [-0.3, -0.25) is 4.68 Å². The van der Waals surface area contributed by atoms with E-state index in [-0.39, 0.29) is 6.04 Å². The first kappa shape index (κ1) is 14.9. The Hall–Kier alpha value is -1.47. The fourth-order valence-corrected chi connectivity index (χ4v) is 2.59. The van der Waals surface area contributed by atoms with Gasteiger partial charge in [-0.1, -0.05) is 13.8 Å². The standard InChI is InChI=1S/C13H21N5OS/c1-4-6-14-12(10-8-16-20-17-10)13-11(19-3)9-15-18(13)7-5-2/h8-9,12,14H,4-7H2,1-3H3. The van der Waals surface area contributed by atoms with Crippen LogP contribution in [0.5, 0.6) is 5.75 Å². The summed E-state index contributed by atoms with van der Waals surface area (Å²) in [5, 5.41) is 7.93. The number of hydrogen-bond acceptors (Lipinski definition) is 6. The predicted molar refractivity (Wildman–Crippen MR) is 79.1 cm³/mol. The summed E-state index contributed by atoms with van der Waals surface area (Å²) in [7, 11) is 1.67. The van der Waals surface area contributed by atoms with E-state index >= 15 is 0 Å². The number of rotatable bonds is 8. The summed E-state index contributed by atoms with van der Waals surface area (Å²) in [6.07, 6.45) is 5.65. The lowest BCUT2D eigenvalue weighted by atomic mass is 10.1. The number of nitrogens with zero attached hydrogens (tertiary/aromatic N) is 4. The van der Waals surface area contributed by atoms with Gasteiger partial charge >= 0.3 is 0 Å². The van der Waals surface area contributed by atoms with Crippen molar-refractivity contribution < 1.29 is 4.74 Å². The lowest BCUT2D eigenvalue weighted by molar-refractivity contribution is 0.397. The van der Waals surface area contributed by atoms with E-state index in [1.54, 1.807) is 19.5 Å². The molecule has 2 aromatic heterocycles. The fourth-order valence-electron chi connectivity index (χ4n) is 2.15. The minimum atomic E-state index is -0.0299. The second-order valence-electron chi connectivity index (χ2n) is 4.54. The molecule has 6 nitrogen and oxygen atoms in total. The van der Waals surface area contributed by atoms with Crippen molar-refractivity contribution in [1.82, 2.24) is 23.8 Å². The van der Waals surface area contributed by atoms with E-state index in [2.05, 4.69) is 33.0 Å². The summed E-state index contributed by atoms with van der Waals surface area (Å²) in [6, 6.07) is -0.0299. The Morgan fingerprint density at radius 1 is 1.35 bits per heavy atom. The van der Waals surface area contributed by atoms with Crippen LogP contribution in [-0.4, -0.2) is 32.2 Å². The molecule has 2 heterocycles. The average molecular weight is 295 g/mol. The molecule has 0 amide bonds. The third-order valence-electron chi connectivity index (χ3n) is 3.05. The number of nitrogens with one attached hydrogen (secondary N) is 1. The van der Waals surface area contributed by atoms with Gasteiger partial charge in [-0.05, 0) is 19.4 Å². The molecule has 7 heteroatoms. The Labute approximate surface area is 123 Å². The molecule has 0 saturated carbocycles. The molecular formula is C13H21N5OS. The molecule has 0 spiro atoms. The van der Waals surface area contributed by atoms with Gasteiger partial charge in [-0.25, -0.2) is 0 Å². The van der Waals surface area contributed by atoms with E-state index in [1.165, 1.54) is 11.7 Å². The number of methoxy groups -OCH3 is 1. The lowest BCUT2D eigenvalue weighted by Gasteiger charge is -2.19. The topological polar surface area (TPSA) is 64.9 Å². The van der Waals surface area contributed by atoms with Gasteiger partial charge in [0.2, 0.25) is 0 Å². The summed E-state index contributed by atoms with van der Waals surface area (Å²) in [5.74, 6) is 0.792. The predicted octanol–water partition coefficient (Wildman–Crippen LogP) is 2.24. The normalized spacial score (nSPS) is 12.6. The molecule has 1 N–H and O–H groups in total. The van der Waals surface area contributed by atoms with Crippen LogP contribution in [0.4, 0.5) is 0 Å². The lowest BCUT2D eigenvalue weighted by Crippen LogP contribution is -2.26. The van der Waals surface area contributed by atoms with Gasteiger partial charge < -0.3 is 10.1 Å². The molecule has 2 aromatic rings. The van der Waals surface area contributed by atoms with Crippen LogP contribution in [0, 0.1) is 0 Å². The summed E-state index contributed by atoms with van der Waals surface area (Å²) in [4.78, 5) is 0. The van der Waals surface area contributed by atoms with Gasteiger partial charge in [0.05, 0.1) is 43.0 Å². The van der Waals surface area contributed by atoms with Crippen molar-refractivity contribution in [3.05, 3.63) is 23.8 Å². The Balaban J connectivity index is 2.38. The Bertz CT molecular complexity index is 511. The third kappa shape index (κ3) is 3.16. The highest BCUT2D eigenvalue weighted by Gasteiger charge is 2.24. The van der Waals surface area contributed by atoms with Gasteiger partial charge in [-0.2, -0.15) is 13.8 Å². The Morgan fingerprint density at radius 2 is 2.20 bits per heavy atom. The largest absolute Gasteiger partial charge is 0.493 e. The molecule has 110 valence electrons. The number of hydrogen-bond donors (Lipinski definition) is 1. The summed E-state index contributed by atoms with van der Waals surface area (Å²) in [6.45, 7) is 6.05. The van der Waals surface area contributed by atoms with Crippen molar-refractivity contribution in [1.29, 1.82) is 0 Å². The first-order chi connectivity index (χ1) is 9.81. The first-order valence-corrected chi connectivity index (χ1v) is 7.65. The molecule has 0 bridgehead atoms. The molecule has 0 aliphatic heterocycles. The van der Waals surface area contributed by atoms with Crippen molar-refractivity contribution in [2.45, 2.75) is 39.3 Å².